The predicted molar refractivity (Wildman–Crippen MR) is 142 cm³/mol. The lowest BCUT2D eigenvalue weighted by Gasteiger charge is -2.73. The number of fused-ring (bicyclic) bond motifs is 7. The van der Waals surface area contributed by atoms with Crippen LogP contribution in [0.1, 0.15) is 120 Å². The van der Waals surface area contributed by atoms with E-state index < -0.39 is 11.4 Å². The normalized spacial score (nSPS) is 53.7. The molecule has 5 fully saturated rings. The molecule has 0 aromatic heterocycles. The zero-order chi connectivity index (χ0) is 26.5. The molecular weight excluding hydrogens is 448 g/mol. The van der Waals surface area contributed by atoms with E-state index in [-0.39, 0.29) is 33.7 Å². The summed E-state index contributed by atoms with van der Waals surface area (Å²) in [5.41, 5.74) is 0.140. The van der Waals surface area contributed by atoms with Gasteiger partial charge in [-0.25, -0.2) is 0 Å². The Morgan fingerprint density at radius 2 is 1.47 bits per heavy atom. The van der Waals surface area contributed by atoms with E-state index >= 15 is 0 Å². The van der Waals surface area contributed by atoms with Crippen molar-refractivity contribution >= 4 is 11.9 Å². The van der Waals surface area contributed by atoms with Gasteiger partial charge in [-0.15, -0.1) is 0 Å². The van der Waals surface area contributed by atoms with E-state index in [4.69, 9.17) is 4.74 Å². The van der Waals surface area contributed by atoms with E-state index in [1.165, 1.54) is 25.7 Å². The van der Waals surface area contributed by atoms with Gasteiger partial charge in [0.2, 0.25) is 0 Å². The van der Waals surface area contributed by atoms with Crippen molar-refractivity contribution < 1.29 is 19.4 Å². The average molecular weight is 501 g/mol. The number of rotatable bonds is 2. The zero-order valence-corrected chi connectivity index (χ0v) is 24.3. The highest BCUT2D eigenvalue weighted by molar-refractivity contribution is 5.75. The molecule has 0 heterocycles. The van der Waals surface area contributed by atoms with Crippen LogP contribution in [0.15, 0.2) is 0 Å². The maximum absolute atomic E-state index is 12.9. The SMILES string of the molecule is CC(=O)O[C@H]1CC[C@]2(C)[C@H]3CC[C@@H]4[C@@H]5[C@@H](C)[C@H](C)CC[C@@]5(C(=O)O)CC[C@@]4(C)[C@]3(C)CC[C@H]2C1(C)C. The van der Waals surface area contributed by atoms with E-state index in [2.05, 4.69) is 48.5 Å². The Labute approximate surface area is 219 Å². The molecule has 36 heavy (non-hydrogen) atoms. The molecule has 5 aliphatic rings. The van der Waals surface area contributed by atoms with Gasteiger partial charge in [-0.2, -0.15) is 0 Å². The highest BCUT2D eigenvalue weighted by atomic mass is 16.5. The van der Waals surface area contributed by atoms with E-state index in [9.17, 15) is 14.7 Å². The lowest BCUT2D eigenvalue weighted by atomic mass is 9.31. The quantitative estimate of drug-likeness (QED) is 0.394. The minimum Gasteiger partial charge on any atom is -0.481 e. The van der Waals surface area contributed by atoms with E-state index in [0.29, 0.717) is 35.5 Å². The van der Waals surface area contributed by atoms with Gasteiger partial charge in [-0.3, -0.25) is 9.59 Å². The third-order valence-electron chi connectivity index (χ3n) is 14.3. The largest absolute Gasteiger partial charge is 0.481 e. The Kier molecular flexibility index (Phi) is 6.06. The molecule has 0 bridgehead atoms. The fraction of sp³-hybridized carbons (Fsp3) is 0.938. The van der Waals surface area contributed by atoms with Crippen LogP contribution in [0.4, 0.5) is 0 Å². The Morgan fingerprint density at radius 1 is 0.778 bits per heavy atom. The van der Waals surface area contributed by atoms with E-state index in [1.807, 2.05) is 0 Å². The second-order valence-corrected chi connectivity index (χ2v) is 15.5. The summed E-state index contributed by atoms with van der Waals surface area (Å²) in [7, 11) is 0. The van der Waals surface area contributed by atoms with Crippen LogP contribution in [0.5, 0.6) is 0 Å². The fourth-order valence-corrected chi connectivity index (χ4v) is 12.1. The van der Waals surface area contributed by atoms with Gasteiger partial charge in [-0.05, 0) is 116 Å². The van der Waals surface area contributed by atoms with Gasteiger partial charge in [0, 0.05) is 12.3 Å². The molecule has 0 radical (unpaired) electrons. The molecule has 0 spiro atoms. The number of aliphatic carboxylic acids is 1. The monoisotopic (exact) mass is 500 g/mol. The molecule has 0 amide bonds. The van der Waals surface area contributed by atoms with Crippen molar-refractivity contribution in [2.45, 2.75) is 126 Å². The first-order valence-electron chi connectivity index (χ1n) is 15.1. The summed E-state index contributed by atoms with van der Waals surface area (Å²) in [6.07, 6.45) is 10.8. The lowest BCUT2D eigenvalue weighted by Crippen LogP contribution is -2.68. The Morgan fingerprint density at radius 3 is 2.11 bits per heavy atom. The zero-order valence-electron chi connectivity index (χ0n) is 24.3. The van der Waals surface area contributed by atoms with Crippen LogP contribution in [-0.2, 0) is 14.3 Å². The molecule has 0 aromatic carbocycles. The topological polar surface area (TPSA) is 63.6 Å². The van der Waals surface area contributed by atoms with Gasteiger partial charge < -0.3 is 9.84 Å². The minimum absolute atomic E-state index is 0.0137. The molecule has 0 unspecified atom stereocenters. The first-order chi connectivity index (χ1) is 16.6. The first kappa shape index (κ1) is 26.5. The Bertz CT molecular complexity index is 925. The Hall–Kier alpha value is -1.06. The number of carboxylic acid groups (broad SMARTS) is 1. The van der Waals surface area contributed by atoms with Gasteiger partial charge >= 0.3 is 11.9 Å². The van der Waals surface area contributed by atoms with Crippen molar-refractivity contribution in [3.63, 3.8) is 0 Å². The Balaban J connectivity index is 1.52. The van der Waals surface area contributed by atoms with Crippen molar-refractivity contribution in [3.05, 3.63) is 0 Å². The number of esters is 1. The van der Waals surface area contributed by atoms with Gasteiger partial charge in [0.15, 0.2) is 0 Å². The summed E-state index contributed by atoms with van der Waals surface area (Å²) in [4.78, 5) is 24.8. The van der Waals surface area contributed by atoms with Crippen molar-refractivity contribution in [2.75, 3.05) is 0 Å². The first-order valence-corrected chi connectivity index (χ1v) is 15.1. The maximum Gasteiger partial charge on any atom is 0.309 e. The van der Waals surface area contributed by atoms with Crippen molar-refractivity contribution in [1.29, 1.82) is 0 Å². The summed E-state index contributed by atoms with van der Waals surface area (Å²) < 4.78 is 5.89. The number of carbonyl (C=O) groups excluding carboxylic acids is 1. The smallest absolute Gasteiger partial charge is 0.309 e. The van der Waals surface area contributed by atoms with Crippen LogP contribution >= 0.6 is 0 Å². The maximum atomic E-state index is 12.9. The molecule has 0 saturated heterocycles. The van der Waals surface area contributed by atoms with Crippen LogP contribution < -0.4 is 0 Å². The van der Waals surface area contributed by atoms with Gasteiger partial charge in [0.25, 0.3) is 0 Å². The molecule has 5 rings (SSSR count). The molecule has 5 aliphatic carbocycles. The third-order valence-corrected chi connectivity index (χ3v) is 14.3. The van der Waals surface area contributed by atoms with Gasteiger partial charge in [0.1, 0.15) is 6.10 Å². The molecule has 11 atom stereocenters. The molecular formula is C32H52O4. The van der Waals surface area contributed by atoms with Crippen LogP contribution in [0, 0.1) is 62.6 Å². The second kappa shape index (κ2) is 8.22. The number of ether oxygens (including phenoxy) is 1. The van der Waals surface area contributed by atoms with Crippen LogP contribution in [0.3, 0.4) is 0 Å². The number of hydrogen-bond donors (Lipinski definition) is 1. The number of carboxylic acids is 1. The average Bonchev–Trinajstić information content (AvgIpc) is 2.78. The summed E-state index contributed by atoms with van der Waals surface area (Å²) in [6.45, 7) is 18.8. The van der Waals surface area contributed by atoms with Crippen molar-refractivity contribution in [2.24, 2.45) is 62.6 Å². The summed E-state index contributed by atoms with van der Waals surface area (Å²) in [5.74, 6) is 2.44. The molecule has 4 heteroatoms. The molecule has 0 aromatic rings. The molecule has 0 aliphatic heterocycles. The summed E-state index contributed by atoms with van der Waals surface area (Å²) in [5, 5.41) is 10.6. The van der Waals surface area contributed by atoms with Crippen LogP contribution in [0.2, 0.25) is 0 Å². The van der Waals surface area contributed by atoms with Gasteiger partial charge in [-0.1, -0.05) is 48.5 Å². The molecule has 1 N–H and O–H groups in total. The molecule has 204 valence electrons. The number of carbonyl (C=O) groups is 2. The minimum atomic E-state index is -0.512. The number of hydrogen-bond acceptors (Lipinski definition) is 3. The highest BCUT2D eigenvalue weighted by Crippen LogP contribution is 2.77. The van der Waals surface area contributed by atoms with E-state index in [1.54, 1.807) is 6.92 Å². The molecule has 5 saturated carbocycles. The van der Waals surface area contributed by atoms with Crippen molar-refractivity contribution in [1.82, 2.24) is 0 Å². The van der Waals surface area contributed by atoms with Gasteiger partial charge in [0.05, 0.1) is 5.41 Å². The van der Waals surface area contributed by atoms with Crippen molar-refractivity contribution in [3.8, 4) is 0 Å². The predicted octanol–water partition coefficient (Wildman–Crippen LogP) is 7.74. The van der Waals surface area contributed by atoms with Crippen LogP contribution in [-0.4, -0.2) is 23.1 Å². The second-order valence-electron chi connectivity index (χ2n) is 15.5. The fourth-order valence-electron chi connectivity index (χ4n) is 12.1. The van der Waals surface area contributed by atoms with Crippen LogP contribution in [0.25, 0.3) is 0 Å². The summed E-state index contributed by atoms with van der Waals surface area (Å²) in [6, 6.07) is 0. The third kappa shape index (κ3) is 3.23. The highest BCUT2D eigenvalue weighted by Gasteiger charge is 2.71. The summed E-state index contributed by atoms with van der Waals surface area (Å²) >= 11 is 0. The standard InChI is InChI=1S/C32H52O4/c1-19-11-16-32(27(34)35)18-17-30(7)22(26(32)20(19)2)9-10-24-29(6)14-13-25(36-21(3)33)28(4,5)23(29)12-15-31(24,30)8/h19-20,22-26H,9-18H2,1-8H3,(H,34,35)/t19-,20+,22-,23+,24-,25+,26+,29+,30-,31-,32-/m1/s1. The molecule has 4 nitrogen and oxygen atoms in total. The van der Waals surface area contributed by atoms with E-state index in [0.717, 1.165) is 38.5 Å². The lowest BCUT2D eigenvalue weighted by molar-refractivity contribution is -0.259.